The first kappa shape index (κ1) is 8.48. The predicted octanol–water partition coefficient (Wildman–Crippen LogP) is 1.14. The van der Waals surface area contributed by atoms with Gasteiger partial charge in [-0.1, -0.05) is 6.92 Å². The van der Waals surface area contributed by atoms with E-state index in [9.17, 15) is 5.11 Å². The van der Waals surface area contributed by atoms with Gasteiger partial charge < -0.3 is 9.47 Å². The van der Waals surface area contributed by atoms with Crippen LogP contribution in [-0.4, -0.2) is 31.0 Å². The molecule has 4 unspecified atom stereocenters. The molecule has 4 atom stereocenters. The Morgan fingerprint density at radius 1 is 1.50 bits per heavy atom. The SMILES string of the molecule is CCC([O])C1CC2OCCC2O1. The summed E-state index contributed by atoms with van der Waals surface area (Å²) in [6, 6.07) is 0. The molecule has 2 heterocycles. The first-order valence-corrected chi connectivity index (χ1v) is 4.74. The van der Waals surface area contributed by atoms with Crippen molar-refractivity contribution in [3.63, 3.8) is 0 Å². The van der Waals surface area contributed by atoms with Gasteiger partial charge in [0.2, 0.25) is 0 Å². The molecule has 0 N–H and O–H groups in total. The van der Waals surface area contributed by atoms with E-state index in [1.54, 1.807) is 0 Å². The van der Waals surface area contributed by atoms with Crippen molar-refractivity contribution >= 4 is 0 Å². The molecular weight excluding hydrogens is 156 g/mol. The van der Waals surface area contributed by atoms with Crippen LogP contribution < -0.4 is 0 Å². The van der Waals surface area contributed by atoms with E-state index in [2.05, 4.69) is 0 Å². The third-order valence-corrected chi connectivity index (χ3v) is 2.78. The summed E-state index contributed by atoms with van der Waals surface area (Å²) >= 11 is 0. The van der Waals surface area contributed by atoms with Gasteiger partial charge in [-0.3, -0.25) is 0 Å². The van der Waals surface area contributed by atoms with E-state index in [4.69, 9.17) is 9.47 Å². The average molecular weight is 171 g/mol. The van der Waals surface area contributed by atoms with Gasteiger partial charge in [0.1, 0.15) is 6.10 Å². The number of ether oxygens (including phenoxy) is 2. The Kier molecular flexibility index (Phi) is 2.35. The summed E-state index contributed by atoms with van der Waals surface area (Å²) in [5.41, 5.74) is 0. The number of fused-ring (bicyclic) bond motifs is 1. The van der Waals surface area contributed by atoms with E-state index in [1.165, 1.54) is 0 Å². The van der Waals surface area contributed by atoms with Crippen molar-refractivity contribution in [1.82, 2.24) is 0 Å². The van der Waals surface area contributed by atoms with Gasteiger partial charge >= 0.3 is 0 Å². The summed E-state index contributed by atoms with van der Waals surface area (Å²) in [5, 5.41) is 11.3. The van der Waals surface area contributed by atoms with Crippen LogP contribution in [0.5, 0.6) is 0 Å². The van der Waals surface area contributed by atoms with Crippen molar-refractivity contribution in [2.75, 3.05) is 6.61 Å². The van der Waals surface area contributed by atoms with Gasteiger partial charge in [0.15, 0.2) is 0 Å². The fourth-order valence-corrected chi connectivity index (χ4v) is 2.02. The van der Waals surface area contributed by atoms with E-state index in [0.29, 0.717) is 6.42 Å². The lowest BCUT2D eigenvalue weighted by atomic mass is 10.1. The minimum atomic E-state index is -0.556. The molecule has 2 aliphatic rings. The molecule has 0 amide bonds. The largest absolute Gasteiger partial charge is 0.375 e. The third-order valence-electron chi connectivity index (χ3n) is 2.78. The van der Waals surface area contributed by atoms with Gasteiger partial charge in [0, 0.05) is 13.0 Å². The molecule has 12 heavy (non-hydrogen) atoms. The van der Waals surface area contributed by atoms with Gasteiger partial charge in [-0.05, 0) is 12.8 Å². The van der Waals surface area contributed by atoms with E-state index < -0.39 is 6.10 Å². The summed E-state index contributed by atoms with van der Waals surface area (Å²) in [4.78, 5) is 0. The van der Waals surface area contributed by atoms with Crippen LogP contribution in [0.4, 0.5) is 0 Å². The van der Waals surface area contributed by atoms with Crippen LogP contribution in [0.3, 0.4) is 0 Å². The average Bonchev–Trinajstić information content (AvgIpc) is 2.60. The number of rotatable bonds is 2. The lowest BCUT2D eigenvalue weighted by molar-refractivity contribution is -0.0632. The standard InChI is InChI=1S/C9H15O3/c1-2-6(10)8-5-9-7(12-8)3-4-11-9/h6-9H,2-5H2,1H3. The highest BCUT2D eigenvalue weighted by Crippen LogP contribution is 2.32. The van der Waals surface area contributed by atoms with Crippen molar-refractivity contribution in [2.24, 2.45) is 0 Å². The van der Waals surface area contributed by atoms with E-state index in [0.717, 1.165) is 19.4 Å². The molecule has 2 rings (SSSR count). The molecule has 0 aromatic heterocycles. The van der Waals surface area contributed by atoms with E-state index in [-0.39, 0.29) is 18.3 Å². The van der Waals surface area contributed by atoms with E-state index in [1.807, 2.05) is 6.92 Å². The van der Waals surface area contributed by atoms with E-state index >= 15 is 0 Å². The Morgan fingerprint density at radius 3 is 3.00 bits per heavy atom. The molecule has 1 radical (unpaired) electrons. The summed E-state index contributed by atoms with van der Waals surface area (Å²) in [7, 11) is 0. The highest BCUT2D eigenvalue weighted by Gasteiger charge is 2.42. The second kappa shape index (κ2) is 3.32. The van der Waals surface area contributed by atoms with Crippen LogP contribution >= 0.6 is 0 Å². The Bertz CT molecular complexity index is 148. The third kappa shape index (κ3) is 1.37. The summed E-state index contributed by atoms with van der Waals surface area (Å²) < 4.78 is 11.0. The fourth-order valence-electron chi connectivity index (χ4n) is 2.02. The Hall–Kier alpha value is -0.120. The first-order valence-electron chi connectivity index (χ1n) is 4.74. The van der Waals surface area contributed by atoms with Crippen LogP contribution in [0, 0.1) is 0 Å². The molecule has 3 heteroatoms. The van der Waals surface area contributed by atoms with Gasteiger partial charge in [0.25, 0.3) is 0 Å². The van der Waals surface area contributed by atoms with Crippen LogP contribution in [0.15, 0.2) is 0 Å². The smallest absolute Gasteiger partial charge is 0.119 e. The molecule has 0 spiro atoms. The Balaban J connectivity index is 1.90. The summed E-state index contributed by atoms with van der Waals surface area (Å²) in [6.07, 6.45) is 2.23. The zero-order chi connectivity index (χ0) is 8.55. The van der Waals surface area contributed by atoms with Crippen molar-refractivity contribution in [1.29, 1.82) is 0 Å². The quantitative estimate of drug-likeness (QED) is 0.625. The van der Waals surface area contributed by atoms with Crippen LogP contribution in [0.25, 0.3) is 0 Å². The fraction of sp³-hybridized carbons (Fsp3) is 1.00. The molecule has 3 nitrogen and oxygen atoms in total. The maximum atomic E-state index is 11.3. The minimum Gasteiger partial charge on any atom is -0.375 e. The second-order valence-corrected chi connectivity index (χ2v) is 3.59. The zero-order valence-corrected chi connectivity index (χ0v) is 7.36. The minimum absolute atomic E-state index is 0.0923. The molecule has 2 aliphatic heterocycles. The van der Waals surface area contributed by atoms with Crippen LogP contribution in [-0.2, 0) is 14.6 Å². The lowest BCUT2D eigenvalue weighted by Gasteiger charge is -2.14. The number of hydrogen-bond donors (Lipinski definition) is 0. The Labute approximate surface area is 72.7 Å². The normalized spacial score (nSPS) is 43.0. The zero-order valence-electron chi connectivity index (χ0n) is 7.36. The van der Waals surface area contributed by atoms with Gasteiger partial charge in [0.05, 0.1) is 18.3 Å². The first-order chi connectivity index (χ1) is 5.81. The van der Waals surface area contributed by atoms with Crippen molar-refractivity contribution in [2.45, 2.75) is 50.6 Å². The van der Waals surface area contributed by atoms with Gasteiger partial charge in [-0.2, -0.15) is 0 Å². The Morgan fingerprint density at radius 2 is 2.33 bits per heavy atom. The van der Waals surface area contributed by atoms with Gasteiger partial charge in [-0.15, -0.1) is 0 Å². The lowest BCUT2D eigenvalue weighted by Crippen LogP contribution is -2.24. The molecule has 0 aromatic carbocycles. The monoisotopic (exact) mass is 171 g/mol. The van der Waals surface area contributed by atoms with Crippen molar-refractivity contribution < 1.29 is 14.6 Å². The van der Waals surface area contributed by atoms with Crippen LogP contribution in [0.2, 0.25) is 0 Å². The molecule has 0 bridgehead atoms. The second-order valence-electron chi connectivity index (χ2n) is 3.59. The molecule has 69 valence electrons. The summed E-state index contributed by atoms with van der Waals surface area (Å²) in [5.74, 6) is 0. The number of hydrogen-bond acceptors (Lipinski definition) is 2. The van der Waals surface area contributed by atoms with Gasteiger partial charge in [-0.25, -0.2) is 5.11 Å². The van der Waals surface area contributed by atoms with Crippen molar-refractivity contribution in [3.05, 3.63) is 0 Å². The van der Waals surface area contributed by atoms with Crippen LogP contribution in [0.1, 0.15) is 26.2 Å². The topological polar surface area (TPSA) is 38.4 Å². The molecule has 2 fully saturated rings. The highest BCUT2D eigenvalue weighted by molar-refractivity contribution is 4.89. The predicted molar refractivity (Wildman–Crippen MR) is 42.4 cm³/mol. The molecular formula is C9H15O3. The molecule has 0 aliphatic carbocycles. The highest BCUT2D eigenvalue weighted by atomic mass is 16.6. The maximum Gasteiger partial charge on any atom is 0.119 e. The maximum absolute atomic E-state index is 11.3. The summed E-state index contributed by atoms with van der Waals surface area (Å²) in [6.45, 7) is 2.72. The molecule has 0 aromatic rings. The van der Waals surface area contributed by atoms with Crippen molar-refractivity contribution in [3.8, 4) is 0 Å². The molecule has 2 saturated heterocycles. The molecule has 0 saturated carbocycles.